The lowest BCUT2D eigenvalue weighted by atomic mass is 10.2. The van der Waals surface area contributed by atoms with Crippen molar-refractivity contribution in [1.29, 1.82) is 0 Å². The van der Waals surface area contributed by atoms with Crippen molar-refractivity contribution in [2.24, 2.45) is 7.05 Å². The van der Waals surface area contributed by atoms with E-state index >= 15 is 0 Å². The Kier molecular flexibility index (Phi) is 6.74. The molecule has 0 amide bonds. The number of carbonyl (C=O) groups is 1. The van der Waals surface area contributed by atoms with Crippen LogP contribution in [-0.2, 0) is 29.7 Å². The van der Waals surface area contributed by atoms with Gasteiger partial charge in [-0.15, -0.1) is 0 Å². The predicted molar refractivity (Wildman–Crippen MR) is 118 cm³/mol. The zero-order valence-corrected chi connectivity index (χ0v) is 18.1. The molecule has 164 valence electrons. The van der Waals surface area contributed by atoms with Crippen molar-refractivity contribution in [2.75, 3.05) is 13.2 Å². The van der Waals surface area contributed by atoms with Crippen molar-refractivity contribution in [3.05, 3.63) is 56.5 Å². The van der Waals surface area contributed by atoms with Gasteiger partial charge in [-0.3, -0.25) is 18.7 Å². The molecule has 3 rings (SSSR count). The fourth-order valence-electron chi connectivity index (χ4n) is 3.28. The molecule has 1 aromatic carbocycles. The van der Waals surface area contributed by atoms with Gasteiger partial charge < -0.3 is 14.0 Å². The maximum absolute atomic E-state index is 12.8. The van der Waals surface area contributed by atoms with Crippen molar-refractivity contribution in [1.82, 2.24) is 18.7 Å². The van der Waals surface area contributed by atoms with Gasteiger partial charge in [-0.2, -0.15) is 0 Å². The van der Waals surface area contributed by atoms with Crippen LogP contribution in [0.3, 0.4) is 0 Å². The van der Waals surface area contributed by atoms with Gasteiger partial charge in [0.1, 0.15) is 24.8 Å². The number of rotatable bonds is 8. The first-order chi connectivity index (χ1) is 14.9. The van der Waals surface area contributed by atoms with Crippen LogP contribution >= 0.6 is 0 Å². The lowest BCUT2D eigenvalue weighted by Gasteiger charge is -2.08. The van der Waals surface area contributed by atoms with Crippen LogP contribution < -0.4 is 16.0 Å². The van der Waals surface area contributed by atoms with Crippen LogP contribution in [0, 0.1) is 0 Å². The van der Waals surface area contributed by atoms with E-state index in [1.807, 2.05) is 37.3 Å². The fraction of sp³-hybridized carbons (Fsp3) is 0.364. The van der Waals surface area contributed by atoms with Crippen LogP contribution in [-0.4, -0.2) is 37.9 Å². The molecule has 0 N–H and O–H groups in total. The molecule has 2 aromatic heterocycles. The van der Waals surface area contributed by atoms with Crippen molar-refractivity contribution in [2.45, 2.75) is 33.9 Å². The molecule has 9 heteroatoms. The first kappa shape index (κ1) is 22.1. The van der Waals surface area contributed by atoms with E-state index in [0.717, 1.165) is 5.56 Å². The summed E-state index contributed by atoms with van der Waals surface area (Å²) in [6.07, 6.45) is 3.67. The minimum absolute atomic E-state index is 0.201. The molecular weight excluding hydrogens is 400 g/mol. The highest BCUT2D eigenvalue weighted by Gasteiger charge is 2.17. The molecule has 9 nitrogen and oxygen atoms in total. The van der Waals surface area contributed by atoms with Gasteiger partial charge in [0, 0.05) is 27.1 Å². The maximum atomic E-state index is 12.8. The molecule has 0 fully saturated rings. The molecule has 0 unspecified atom stereocenters. The Morgan fingerprint density at radius 1 is 1.03 bits per heavy atom. The molecule has 3 aromatic rings. The van der Waals surface area contributed by atoms with Crippen LogP contribution in [0.5, 0.6) is 5.75 Å². The third kappa shape index (κ3) is 4.60. The summed E-state index contributed by atoms with van der Waals surface area (Å²) in [5.74, 6) is 0.902. The number of carbonyl (C=O) groups excluding carboxylic acids is 1. The second-order valence-corrected chi connectivity index (χ2v) is 6.87. The first-order valence-electron chi connectivity index (χ1n) is 10.1. The minimum atomic E-state index is -0.347. The van der Waals surface area contributed by atoms with Gasteiger partial charge >= 0.3 is 11.7 Å². The lowest BCUT2D eigenvalue weighted by Crippen LogP contribution is -2.39. The first-order valence-corrected chi connectivity index (χ1v) is 10.1. The maximum Gasteiger partial charge on any atom is 0.332 e. The van der Waals surface area contributed by atoms with E-state index < -0.39 is 0 Å². The molecule has 2 heterocycles. The summed E-state index contributed by atoms with van der Waals surface area (Å²) >= 11 is 0. The fourth-order valence-corrected chi connectivity index (χ4v) is 3.28. The number of nitrogens with zero attached hydrogens (tertiary/aromatic N) is 4. The average molecular weight is 426 g/mol. The highest BCUT2D eigenvalue weighted by atomic mass is 16.6. The summed E-state index contributed by atoms with van der Waals surface area (Å²) < 4.78 is 14.8. The molecule has 0 aliphatic carbocycles. The van der Waals surface area contributed by atoms with Crippen molar-refractivity contribution in [3.63, 3.8) is 0 Å². The molecule has 0 saturated carbocycles. The Morgan fingerprint density at radius 3 is 2.32 bits per heavy atom. The van der Waals surface area contributed by atoms with E-state index in [0.29, 0.717) is 35.8 Å². The van der Waals surface area contributed by atoms with Gasteiger partial charge in [0.2, 0.25) is 0 Å². The van der Waals surface area contributed by atoms with E-state index in [-0.39, 0.29) is 30.4 Å². The number of fused-ring (bicyclic) bond motifs is 1. The minimum Gasteiger partial charge on any atom is -0.490 e. The second kappa shape index (κ2) is 9.46. The van der Waals surface area contributed by atoms with Crippen molar-refractivity contribution >= 4 is 29.3 Å². The third-order valence-corrected chi connectivity index (χ3v) is 4.87. The molecule has 0 aliphatic rings. The van der Waals surface area contributed by atoms with Gasteiger partial charge in [-0.25, -0.2) is 9.78 Å². The van der Waals surface area contributed by atoms with E-state index in [9.17, 15) is 14.4 Å². The SMILES string of the molecule is CCn1c(=O)c2c(nc(/C=C/c3ccc(OCCOC(C)=O)cc3)n2C)n(CC)c1=O. The number of hydrogen-bond acceptors (Lipinski definition) is 6. The van der Waals surface area contributed by atoms with Gasteiger partial charge in [0.15, 0.2) is 11.2 Å². The van der Waals surface area contributed by atoms with E-state index in [2.05, 4.69) is 4.98 Å². The van der Waals surface area contributed by atoms with Crippen LogP contribution in [0.1, 0.15) is 32.2 Å². The van der Waals surface area contributed by atoms with Gasteiger partial charge in [0.05, 0.1) is 0 Å². The number of aromatic nitrogens is 4. The van der Waals surface area contributed by atoms with E-state index in [1.165, 1.54) is 16.1 Å². The number of imidazole rings is 1. The number of benzene rings is 1. The van der Waals surface area contributed by atoms with Gasteiger partial charge in [-0.05, 0) is 37.6 Å². The Labute approximate surface area is 179 Å². The Bertz CT molecular complexity index is 1230. The zero-order chi connectivity index (χ0) is 22.5. The average Bonchev–Trinajstić information content (AvgIpc) is 3.07. The highest BCUT2D eigenvalue weighted by molar-refractivity contribution is 5.76. The molecule has 0 radical (unpaired) electrons. The Hall–Kier alpha value is -3.62. The number of hydrogen-bond donors (Lipinski definition) is 0. The monoisotopic (exact) mass is 426 g/mol. The number of esters is 1. The van der Waals surface area contributed by atoms with E-state index in [4.69, 9.17) is 9.47 Å². The number of aryl methyl sites for hydroxylation is 2. The third-order valence-electron chi connectivity index (χ3n) is 4.87. The Balaban J connectivity index is 1.84. The smallest absolute Gasteiger partial charge is 0.332 e. The zero-order valence-electron chi connectivity index (χ0n) is 18.1. The van der Waals surface area contributed by atoms with E-state index in [1.54, 1.807) is 24.6 Å². The van der Waals surface area contributed by atoms with Crippen LogP contribution in [0.4, 0.5) is 0 Å². The number of ether oxygens (including phenoxy) is 2. The molecular formula is C22H26N4O5. The van der Waals surface area contributed by atoms with Crippen LogP contribution in [0.25, 0.3) is 23.3 Å². The highest BCUT2D eigenvalue weighted by Crippen LogP contribution is 2.16. The van der Waals surface area contributed by atoms with Crippen molar-refractivity contribution < 1.29 is 14.3 Å². The summed E-state index contributed by atoms with van der Waals surface area (Å²) in [4.78, 5) is 40.6. The van der Waals surface area contributed by atoms with Crippen LogP contribution in [0.15, 0.2) is 33.9 Å². The second-order valence-electron chi connectivity index (χ2n) is 6.87. The Morgan fingerprint density at radius 2 is 1.71 bits per heavy atom. The molecule has 31 heavy (non-hydrogen) atoms. The largest absolute Gasteiger partial charge is 0.490 e. The molecule has 0 spiro atoms. The summed E-state index contributed by atoms with van der Waals surface area (Å²) in [7, 11) is 1.76. The standard InChI is InChI=1S/C22H26N4O5/c1-5-25-20-19(21(28)26(6-2)22(25)29)24(4)18(23-20)12-9-16-7-10-17(11-8-16)31-14-13-30-15(3)27/h7-12H,5-6,13-14H2,1-4H3/b12-9+. The molecule has 0 atom stereocenters. The van der Waals surface area contributed by atoms with Gasteiger partial charge in [-0.1, -0.05) is 18.2 Å². The predicted octanol–water partition coefficient (Wildman–Crippen LogP) is 2.05. The molecule has 0 saturated heterocycles. The van der Waals surface area contributed by atoms with Crippen LogP contribution in [0.2, 0.25) is 0 Å². The summed E-state index contributed by atoms with van der Waals surface area (Å²) in [6, 6.07) is 7.40. The quantitative estimate of drug-likeness (QED) is 0.404. The summed E-state index contributed by atoms with van der Waals surface area (Å²) in [5.41, 5.74) is 1.02. The van der Waals surface area contributed by atoms with Crippen molar-refractivity contribution in [3.8, 4) is 5.75 Å². The lowest BCUT2D eigenvalue weighted by molar-refractivity contribution is -0.141. The van der Waals surface area contributed by atoms with Gasteiger partial charge in [0.25, 0.3) is 5.56 Å². The normalized spacial score (nSPS) is 11.4. The topological polar surface area (TPSA) is 97.4 Å². The summed E-state index contributed by atoms with van der Waals surface area (Å²) in [5, 5.41) is 0. The summed E-state index contributed by atoms with van der Waals surface area (Å²) in [6.45, 7) is 6.19. The molecule has 0 bridgehead atoms. The molecule has 0 aliphatic heterocycles.